The van der Waals surface area contributed by atoms with Gasteiger partial charge in [0.2, 0.25) is 0 Å². The van der Waals surface area contributed by atoms with E-state index in [0.717, 1.165) is 51.4 Å². The van der Waals surface area contributed by atoms with Crippen LogP contribution >= 0.6 is 0 Å². The molecule has 1 unspecified atom stereocenters. The van der Waals surface area contributed by atoms with Crippen molar-refractivity contribution in [3.63, 3.8) is 0 Å². The first-order chi connectivity index (χ1) is 26.6. The van der Waals surface area contributed by atoms with Crippen molar-refractivity contribution in [2.75, 3.05) is 19.8 Å². The molecule has 0 radical (unpaired) electrons. The largest absolute Gasteiger partial charge is 0.462 e. The second-order valence-corrected chi connectivity index (χ2v) is 16.4. The zero-order chi connectivity index (χ0) is 39.3. The molecule has 0 saturated heterocycles. The molecule has 5 nitrogen and oxygen atoms in total. The van der Waals surface area contributed by atoms with Crippen molar-refractivity contribution in [1.82, 2.24) is 0 Å². The van der Waals surface area contributed by atoms with Gasteiger partial charge in [0.25, 0.3) is 0 Å². The van der Waals surface area contributed by atoms with Crippen LogP contribution in [0.1, 0.15) is 265 Å². The predicted molar refractivity (Wildman–Crippen MR) is 233 cm³/mol. The molecule has 0 aromatic rings. The third-order valence-corrected chi connectivity index (χ3v) is 10.8. The number of allylic oxidation sites excluding steroid dienone is 2. The highest BCUT2D eigenvalue weighted by atomic mass is 16.6. The van der Waals surface area contributed by atoms with Crippen LogP contribution in [0.15, 0.2) is 12.2 Å². The summed E-state index contributed by atoms with van der Waals surface area (Å²) < 4.78 is 17.2. The standard InChI is InChI=1S/C49H94O5/c1-4-7-10-13-15-17-19-21-22-23-24-25-26-27-29-31-33-35-38-41-44-52-45-47(54-49(51)43-40-36-12-9-6-3)46-53-48(50)42-39-37-34-32-30-28-20-18-16-14-11-8-5-2/h18,20,47H,4-17,19,21-46H2,1-3H3/b20-18-. The van der Waals surface area contributed by atoms with Gasteiger partial charge < -0.3 is 14.2 Å². The van der Waals surface area contributed by atoms with Crippen LogP contribution in [0.2, 0.25) is 0 Å². The van der Waals surface area contributed by atoms with Gasteiger partial charge in [0.15, 0.2) is 6.10 Å². The Balaban J connectivity index is 3.95. The number of unbranched alkanes of at least 4 members (excludes halogenated alkanes) is 32. The summed E-state index contributed by atoms with van der Waals surface area (Å²) in [5.74, 6) is -0.406. The Morgan fingerprint density at radius 2 is 0.722 bits per heavy atom. The van der Waals surface area contributed by atoms with Gasteiger partial charge in [-0.1, -0.05) is 219 Å². The third kappa shape index (κ3) is 43.4. The Bertz CT molecular complexity index is 780. The second-order valence-electron chi connectivity index (χ2n) is 16.4. The molecule has 0 rings (SSSR count). The smallest absolute Gasteiger partial charge is 0.306 e. The Kier molecular flexibility index (Phi) is 44.9. The third-order valence-electron chi connectivity index (χ3n) is 10.8. The van der Waals surface area contributed by atoms with Gasteiger partial charge in [-0.2, -0.15) is 0 Å². The van der Waals surface area contributed by atoms with E-state index in [-0.39, 0.29) is 18.5 Å². The summed E-state index contributed by atoms with van der Waals surface area (Å²) in [7, 11) is 0. The van der Waals surface area contributed by atoms with Crippen LogP contribution in [-0.2, 0) is 23.8 Å². The van der Waals surface area contributed by atoms with Crippen molar-refractivity contribution >= 4 is 11.9 Å². The van der Waals surface area contributed by atoms with Crippen LogP contribution in [0.25, 0.3) is 0 Å². The molecule has 0 fully saturated rings. The quantitative estimate of drug-likeness (QED) is 0.0351. The van der Waals surface area contributed by atoms with Crippen LogP contribution in [0.3, 0.4) is 0 Å². The van der Waals surface area contributed by atoms with Crippen molar-refractivity contribution in [1.29, 1.82) is 0 Å². The van der Waals surface area contributed by atoms with Crippen LogP contribution in [0.5, 0.6) is 0 Å². The number of hydrogen-bond donors (Lipinski definition) is 0. The fourth-order valence-electron chi connectivity index (χ4n) is 7.15. The normalized spacial score (nSPS) is 12.1. The van der Waals surface area contributed by atoms with Gasteiger partial charge in [0.1, 0.15) is 6.61 Å². The van der Waals surface area contributed by atoms with E-state index in [2.05, 4.69) is 32.9 Å². The second kappa shape index (κ2) is 46.0. The Hall–Kier alpha value is -1.36. The average molecular weight is 763 g/mol. The molecule has 0 aromatic carbocycles. The maximum atomic E-state index is 12.5. The molecule has 0 spiro atoms. The Morgan fingerprint density at radius 1 is 0.389 bits per heavy atom. The van der Waals surface area contributed by atoms with E-state index in [0.29, 0.717) is 26.1 Å². The molecule has 54 heavy (non-hydrogen) atoms. The Labute approximate surface area is 337 Å². The van der Waals surface area contributed by atoms with E-state index < -0.39 is 6.10 Å². The molecule has 0 aliphatic heterocycles. The summed E-state index contributed by atoms with van der Waals surface area (Å²) in [5.41, 5.74) is 0. The summed E-state index contributed by atoms with van der Waals surface area (Å²) in [5, 5.41) is 0. The minimum absolute atomic E-state index is 0.0877. The fourth-order valence-corrected chi connectivity index (χ4v) is 7.15. The van der Waals surface area contributed by atoms with Crippen LogP contribution in [-0.4, -0.2) is 37.9 Å². The van der Waals surface area contributed by atoms with Gasteiger partial charge in [0.05, 0.1) is 6.61 Å². The number of rotatable bonds is 45. The molecule has 0 saturated carbocycles. The molecule has 0 N–H and O–H groups in total. The topological polar surface area (TPSA) is 61.8 Å². The van der Waals surface area contributed by atoms with Crippen molar-refractivity contribution in [2.24, 2.45) is 0 Å². The van der Waals surface area contributed by atoms with Gasteiger partial charge >= 0.3 is 11.9 Å². The summed E-state index contributed by atoms with van der Waals surface area (Å²) in [6.45, 7) is 7.78. The van der Waals surface area contributed by atoms with Crippen molar-refractivity contribution in [2.45, 2.75) is 271 Å². The van der Waals surface area contributed by atoms with E-state index in [9.17, 15) is 9.59 Å². The summed E-state index contributed by atoms with van der Waals surface area (Å²) >= 11 is 0. The zero-order valence-corrected chi connectivity index (χ0v) is 36.8. The van der Waals surface area contributed by atoms with Crippen LogP contribution < -0.4 is 0 Å². The van der Waals surface area contributed by atoms with Crippen LogP contribution in [0, 0.1) is 0 Å². The molecular formula is C49H94O5. The van der Waals surface area contributed by atoms with Gasteiger partial charge in [-0.25, -0.2) is 0 Å². The average Bonchev–Trinajstić information content (AvgIpc) is 3.17. The zero-order valence-electron chi connectivity index (χ0n) is 36.8. The highest BCUT2D eigenvalue weighted by Gasteiger charge is 2.17. The SMILES string of the molecule is CCCCCC/C=C\CCCCCCCC(=O)OCC(COCCCCCCCCCCCCCCCCCCCCCC)OC(=O)CCCCCCC. The number of carbonyl (C=O) groups excluding carboxylic acids is 2. The Morgan fingerprint density at radius 3 is 1.15 bits per heavy atom. The molecule has 0 aromatic heterocycles. The highest BCUT2D eigenvalue weighted by Crippen LogP contribution is 2.16. The minimum Gasteiger partial charge on any atom is -0.462 e. The number of esters is 2. The highest BCUT2D eigenvalue weighted by molar-refractivity contribution is 5.70. The lowest BCUT2D eigenvalue weighted by Crippen LogP contribution is -2.30. The number of carbonyl (C=O) groups is 2. The lowest BCUT2D eigenvalue weighted by Gasteiger charge is -2.18. The molecule has 1 atom stereocenters. The number of hydrogen-bond acceptors (Lipinski definition) is 5. The first kappa shape index (κ1) is 52.6. The maximum absolute atomic E-state index is 12.5. The monoisotopic (exact) mass is 763 g/mol. The minimum atomic E-state index is -0.526. The molecule has 5 heteroatoms. The molecule has 0 aliphatic rings. The lowest BCUT2D eigenvalue weighted by molar-refractivity contribution is -0.163. The molecular weight excluding hydrogens is 669 g/mol. The lowest BCUT2D eigenvalue weighted by atomic mass is 10.0. The molecule has 0 heterocycles. The summed E-state index contributed by atoms with van der Waals surface area (Å²) in [6.07, 6.45) is 51.1. The van der Waals surface area contributed by atoms with E-state index in [1.807, 2.05) is 0 Å². The molecule has 320 valence electrons. The van der Waals surface area contributed by atoms with E-state index in [1.54, 1.807) is 0 Å². The van der Waals surface area contributed by atoms with Gasteiger partial charge in [-0.15, -0.1) is 0 Å². The summed E-state index contributed by atoms with van der Waals surface area (Å²) in [6, 6.07) is 0. The number of ether oxygens (including phenoxy) is 3. The van der Waals surface area contributed by atoms with E-state index in [4.69, 9.17) is 14.2 Å². The molecule has 0 aliphatic carbocycles. The van der Waals surface area contributed by atoms with Crippen molar-refractivity contribution < 1.29 is 23.8 Å². The maximum Gasteiger partial charge on any atom is 0.306 e. The fraction of sp³-hybridized carbons (Fsp3) is 0.918. The van der Waals surface area contributed by atoms with E-state index >= 15 is 0 Å². The van der Waals surface area contributed by atoms with E-state index in [1.165, 1.54) is 180 Å². The summed E-state index contributed by atoms with van der Waals surface area (Å²) in [4.78, 5) is 25.0. The first-order valence-corrected chi connectivity index (χ1v) is 24.2. The van der Waals surface area contributed by atoms with Crippen molar-refractivity contribution in [3.8, 4) is 0 Å². The van der Waals surface area contributed by atoms with Crippen molar-refractivity contribution in [3.05, 3.63) is 12.2 Å². The molecule has 0 amide bonds. The molecule has 0 bridgehead atoms. The first-order valence-electron chi connectivity index (χ1n) is 24.2. The van der Waals surface area contributed by atoms with Gasteiger partial charge in [-0.3, -0.25) is 9.59 Å². The van der Waals surface area contributed by atoms with Gasteiger partial charge in [-0.05, 0) is 44.9 Å². The van der Waals surface area contributed by atoms with Crippen LogP contribution in [0.4, 0.5) is 0 Å². The predicted octanol–water partition coefficient (Wildman–Crippen LogP) is 15.9. The van der Waals surface area contributed by atoms with Gasteiger partial charge in [0, 0.05) is 19.4 Å².